The monoisotopic (exact) mass is 272 g/mol. The maximum Gasteiger partial charge on any atom is 0.276 e. The first-order chi connectivity index (χ1) is 9.72. The second-order valence-electron chi connectivity index (χ2n) is 4.98. The van der Waals surface area contributed by atoms with Gasteiger partial charge in [0.1, 0.15) is 0 Å². The van der Waals surface area contributed by atoms with Crippen molar-refractivity contribution in [1.29, 1.82) is 0 Å². The van der Waals surface area contributed by atoms with E-state index in [0.29, 0.717) is 31.7 Å². The minimum Gasteiger partial charge on any atom is -0.391 e. The molecule has 2 heterocycles. The zero-order valence-electron chi connectivity index (χ0n) is 11.0. The Bertz CT molecular complexity index is 596. The van der Waals surface area contributed by atoms with Crippen molar-refractivity contribution >= 4 is 5.91 Å². The summed E-state index contributed by atoms with van der Waals surface area (Å²) < 4.78 is 1.65. The van der Waals surface area contributed by atoms with Gasteiger partial charge in [-0.15, -0.1) is 5.10 Å². The van der Waals surface area contributed by atoms with Crippen LogP contribution in [0.25, 0.3) is 0 Å². The Labute approximate surface area is 116 Å². The molecule has 2 aromatic rings. The van der Waals surface area contributed by atoms with E-state index >= 15 is 0 Å². The van der Waals surface area contributed by atoms with Crippen molar-refractivity contribution in [2.24, 2.45) is 0 Å². The van der Waals surface area contributed by atoms with Gasteiger partial charge in [-0.05, 0) is 12.0 Å². The van der Waals surface area contributed by atoms with Crippen LogP contribution in [-0.4, -0.2) is 50.1 Å². The summed E-state index contributed by atoms with van der Waals surface area (Å²) in [6.07, 6.45) is 1.86. The number of aliphatic hydroxyl groups is 1. The number of benzene rings is 1. The van der Waals surface area contributed by atoms with E-state index in [1.807, 2.05) is 30.3 Å². The van der Waals surface area contributed by atoms with Gasteiger partial charge < -0.3 is 10.0 Å². The summed E-state index contributed by atoms with van der Waals surface area (Å²) in [4.78, 5) is 13.8. The van der Waals surface area contributed by atoms with Crippen molar-refractivity contribution in [3.63, 3.8) is 0 Å². The third kappa shape index (κ3) is 2.70. The van der Waals surface area contributed by atoms with Gasteiger partial charge in [0, 0.05) is 13.1 Å². The Morgan fingerprint density at radius 3 is 2.85 bits per heavy atom. The number of nitrogens with zero attached hydrogens (tertiary/aromatic N) is 4. The van der Waals surface area contributed by atoms with Crippen LogP contribution < -0.4 is 0 Å². The molecule has 1 N–H and O–H groups in total. The normalized spacial score (nSPS) is 18.4. The van der Waals surface area contributed by atoms with E-state index < -0.39 is 6.10 Å². The molecule has 1 aromatic carbocycles. The molecule has 104 valence electrons. The average molecular weight is 272 g/mol. The second kappa shape index (κ2) is 5.42. The standard InChI is InChI=1S/C14H16N4O2/c19-12-6-7-17(9-12)14(20)13-10-18(16-15-13)8-11-4-2-1-3-5-11/h1-5,10,12,19H,6-9H2/t12-/m1/s1. The fourth-order valence-electron chi connectivity index (χ4n) is 2.33. The van der Waals surface area contributed by atoms with E-state index in [9.17, 15) is 9.90 Å². The van der Waals surface area contributed by atoms with Crippen molar-refractivity contribution in [2.75, 3.05) is 13.1 Å². The summed E-state index contributed by atoms with van der Waals surface area (Å²) in [6.45, 7) is 1.54. The van der Waals surface area contributed by atoms with Gasteiger partial charge in [-0.2, -0.15) is 0 Å². The van der Waals surface area contributed by atoms with E-state index in [1.165, 1.54) is 0 Å². The topological polar surface area (TPSA) is 71.2 Å². The van der Waals surface area contributed by atoms with Crippen molar-refractivity contribution in [2.45, 2.75) is 19.1 Å². The fraction of sp³-hybridized carbons (Fsp3) is 0.357. The van der Waals surface area contributed by atoms with Crippen LogP contribution in [-0.2, 0) is 6.54 Å². The van der Waals surface area contributed by atoms with Crippen LogP contribution in [0.4, 0.5) is 0 Å². The molecule has 6 heteroatoms. The lowest BCUT2D eigenvalue weighted by atomic mass is 10.2. The van der Waals surface area contributed by atoms with Crippen LogP contribution in [0, 0.1) is 0 Å². The Morgan fingerprint density at radius 2 is 2.15 bits per heavy atom. The highest BCUT2D eigenvalue weighted by Crippen LogP contribution is 2.12. The van der Waals surface area contributed by atoms with E-state index in [2.05, 4.69) is 10.3 Å². The third-order valence-electron chi connectivity index (χ3n) is 3.40. The smallest absolute Gasteiger partial charge is 0.276 e. The zero-order chi connectivity index (χ0) is 13.9. The number of β-amino-alcohol motifs (C(OH)–C–C–N with tert-alkyl or cyclic N) is 1. The van der Waals surface area contributed by atoms with Gasteiger partial charge in [0.05, 0.1) is 18.8 Å². The quantitative estimate of drug-likeness (QED) is 0.885. The van der Waals surface area contributed by atoms with Gasteiger partial charge in [0.15, 0.2) is 5.69 Å². The lowest BCUT2D eigenvalue weighted by Gasteiger charge is -2.12. The summed E-state index contributed by atoms with van der Waals surface area (Å²) in [7, 11) is 0. The lowest BCUT2D eigenvalue weighted by molar-refractivity contribution is 0.0759. The molecule has 0 unspecified atom stereocenters. The highest BCUT2D eigenvalue weighted by atomic mass is 16.3. The first kappa shape index (κ1) is 12.8. The molecule has 6 nitrogen and oxygen atoms in total. The van der Waals surface area contributed by atoms with Gasteiger partial charge in [-0.3, -0.25) is 4.79 Å². The molecule has 1 saturated heterocycles. The van der Waals surface area contributed by atoms with Crippen LogP contribution in [0.5, 0.6) is 0 Å². The third-order valence-corrected chi connectivity index (χ3v) is 3.40. The molecule has 0 aliphatic carbocycles. The Morgan fingerprint density at radius 1 is 1.35 bits per heavy atom. The van der Waals surface area contributed by atoms with Gasteiger partial charge in [0.25, 0.3) is 5.91 Å². The number of likely N-dealkylation sites (tertiary alicyclic amines) is 1. The van der Waals surface area contributed by atoms with Crippen molar-refractivity contribution in [3.05, 3.63) is 47.8 Å². The van der Waals surface area contributed by atoms with Crippen LogP contribution in [0.3, 0.4) is 0 Å². The molecule has 3 rings (SSSR count). The molecule has 1 aliphatic heterocycles. The van der Waals surface area contributed by atoms with Crippen LogP contribution in [0.15, 0.2) is 36.5 Å². The minimum atomic E-state index is -0.418. The number of carbonyl (C=O) groups is 1. The summed E-state index contributed by atoms with van der Waals surface area (Å²) in [5.41, 5.74) is 1.43. The molecular weight excluding hydrogens is 256 g/mol. The number of rotatable bonds is 3. The summed E-state index contributed by atoms with van der Waals surface area (Å²) in [5.74, 6) is -0.166. The summed E-state index contributed by atoms with van der Waals surface area (Å²) in [6, 6.07) is 9.88. The molecule has 0 spiro atoms. The predicted molar refractivity (Wildman–Crippen MR) is 72.1 cm³/mol. The predicted octanol–water partition coefficient (Wildman–Crippen LogP) is 0.533. The highest BCUT2D eigenvalue weighted by Gasteiger charge is 2.27. The number of hydrogen-bond donors (Lipinski definition) is 1. The molecule has 0 bridgehead atoms. The number of amides is 1. The van der Waals surface area contributed by atoms with Gasteiger partial charge in [-0.1, -0.05) is 35.5 Å². The Kier molecular flexibility index (Phi) is 3.47. The molecule has 1 atom stereocenters. The fourth-order valence-corrected chi connectivity index (χ4v) is 2.33. The minimum absolute atomic E-state index is 0.166. The maximum absolute atomic E-state index is 12.2. The first-order valence-corrected chi connectivity index (χ1v) is 6.64. The zero-order valence-corrected chi connectivity index (χ0v) is 11.0. The van der Waals surface area contributed by atoms with E-state index in [0.717, 1.165) is 5.56 Å². The molecule has 1 amide bonds. The molecule has 1 fully saturated rings. The lowest BCUT2D eigenvalue weighted by Crippen LogP contribution is -2.29. The highest BCUT2D eigenvalue weighted by molar-refractivity contribution is 5.92. The van der Waals surface area contributed by atoms with Gasteiger partial charge in [-0.25, -0.2) is 4.68 Å². The van der Waals surface area contributed by atoms with Crippen LogP contribution in [0.2, 0.25) is 0 Å². The number of hydrogen-bond acceptors (Lipinski definition) is 4. The van der Waals surface area contributed by atoms with E-state index in [4.69, 9.17) is 0 Å². The van der Waals surface area contributed by atoms with Gasteiger partial charge >= 0.3 is 0 Å². The molecular formula is C14H16N4O2. The van der Waals surface area contributed by atoms with Crippen LogP contribution in [0.1, 0.15) is 22.5 Å². The van der Waals surface area contributed by atoms with Gasteiger partial charge in [0.2, 0.25) is 0 Å². The molecule has 0 radical (unpaired) electrons. The van der Waals surface area contributed by atoms with E-state index in [1.54, 1.807) is 15.8 Å². The Balaban J connectivity index is 1.69. The molecule has 20 heavy (non-hydrogen) atoms. The van der Waals surface area contributed by atoms with E-state index in [-0.39, 0.29) is 5.91 Å². The molecule has 0 saturated carbocycles. The van der Waals surface area contributed by atoms with Crippen molar-refractivity contribution in [1.82, 2.24) is 19.9 Å². The van der Waals surface area contributed by atoms with Crippen LogP contribution >= 0.6 is 0 Å². The largest absolute Gasteiger partial charge is 0.391 e. The maximum atomic E-state index is 12.2. The number of carbonyl (C=O) groups excluding carboxylic acids is 1. The number of aliphatic hydroxyl groups excluding tert-OH is 1. The summed E-state index contributed by atoms with van der Waals surface area (Å²) >= 11 is 0. The van der Waals surface area contributed by atoms with Crippen molar-refractivity contribution in [3.8, 4) is 0 Å². The second-order valence-corrected chi connectivity index (χ2v) is 4.98. The Hall–Kier alpha value is -2.21. The molecule has 1 aromatic heterocycles. The van der Waals surface area contributed by atoms with Crippen molar-refractivity contribution < 1.29 is 9.90 Å². The molecule has 1 aliphatic rings. The SMILES string of the molecule is O=C(c1cn(Cc2ccccc2)nn1)N1CC[C@@H](O)C1. The first-order valence-electron chi connectivity index (χ1n) is 6.64. The average Bonchev–Trinajstić information content (AvgIpc) is 3.08. The number of aromatic nitrogens is 3. The summed E-state index contributed by atoms with van der Waals surface area (Å²) in [5, 5.41) is 17.4.